The van der Waals surface area contributed by atoms with E-state index >= 15 is 0 Å². The normalized spacial score (nSPS) is 14.8. The Labute approximate surface area is 151 Å². The number of hydrogen-bond donors (Lipinski definition) is 2. The summed E-state index contributed by atoms with van der Waals surface area (Å²) in [7, 11) is 0. The molecule has 3 N–H and O–H groups in total. The molecule has 1 atom stereocenters. The highest BCUT2D eigenvalue weighted by Crippen LogP contribution is 2.44. The Morgan fingerprint density at radius 2 is 2.17 bits per heavy atom. The third-order valence-corrected chi connectivity index (χ3v) is 5.02. The van der Waals surface area contributed by atoms with E-state index in [0.717, 1.165) is 23.4 Å². The first-order chi connectivity index (χ1) is 11.1. The van der Waals surface area contributed by atoms with Crippen LogP contribution in [0.2, 0.25) is 0 Å². The number of halogens is 2. The van der Waals surface area contributed by atoms with Gasteiger partial charge < -0.3 is 11.1 Å². The number of anilines is 1. The van der Waals surface area contributed by atoms with E-state index in [2.05, 4.69) is 10.3 Å². The molecule has 3 rings (SSSR count). The number of thiazole rings is 1. The van der Waals surface area contributed by atoms with Crippen LogP contribution in [-0.2, 0) is 11.2 Å². The summed E-state index contributed by atoms with van der Waals surface area (Å²) in [6.07, 6.45) is 2.74. The lowest BCUT2D eigenvalue weighted by atomic mass is 10.1. The van der Waals surface area contributed by atoms with Crippen molar-refractivity contribution in [3.8, 4) is 0 Å². The van der Waals surface area contributed by atoms with Crippen molar-refractivity contribution in [1.29, 1.82) is 0 Å². The van der Waals surface area contributed by atoms with Crippen LogP contribution < -0.4 is 11.1 Å². The summed E-state index contributed by atoms with van der Waals surface area (Å²) in [5.41, 5.74) is 7.19. The highest BCUT2D eigenvalue weighted by molar-refractivity contribution is 7.15. The zero-order valence-corrected chi connectivity index (χ0v) is 15.1. The van der Waals surface area contributed by atoms with Gasteiger partial charge in [-0.1, -0.05) is 25.1 Å². The molecule has 1 aliphatic carbocycles. The second kappa shape index (κ2) is 8.05. The van der Waals surface area contributed by atoms with Crippen molar-refractivity contribution >= 4 is 34.8 Å². The van der Waals surface area contributed by atoms with Crippen LogP contribution >= 0.6 is 23.7 Å². The number of rotatable bonds is 6. The van der Waals surface area contributed by atoms with Gasteiger partial charge in [-0.25, -0.2) is 9.37 Å². The van der Waals surface area contributed by atoms with Crippen LogP contribution in [0.3, 0.4) is 0 Å². The Morgan fingerprint density at radius 1 is 1.46 bits per heavy atom. The molecule has 2 aromatic rings. The van der Waals surface area contributed by atoms with Gasteiger partial charge in [-0.3, -0.25) is 4.79 Å². The third kappa shape index (κ3) is 4.32. The van der Waals surface area contributed by atoms with Gasteiger partial charge in [0.05, 0.1) is 5.69 Å². The van der Waals surface area contributed by atoms with Crippen LogP contribution in [0.4, 0.5) is 9.52 Å². The first kappa shape index (κ1) is 18.8. The predicted octanol–water partition coefficient (Wildman–Crippen LogP) is 3.71. The molecule has 7 heteroatoms. The fraction of sp³-hybridized carbons (Fsp3) is 0.412. The van der Waals surface area contributed by atoms with Crippen LogP contribution in [0.1, 0.15) is 41.8 Å². The van der Waals surface area contributed by atoms with Gasteiger partial charge in [0.1, 0.15) is 5.82 Å². The number of carbonyl (C=O) groups is 1. The van der Waals surface area contributed by atoms with Crippen molar-refractivity contribution in [2.75, 3.05) is 11.9 Å². The smallest absolute Gasteiger partial charge is 0.230 e. The maximum atomic E-state index is 13.9. The third-order valence-electron chi connectivity index (χ3n) is 4.03. The van der Waals surface area contributed by atoms with Crippen LogP contribution in [0.5, 0.6) is 0 Å². The zero-order chi connectivity index (χ0) is 16.4. The van der Waals surface area contributed by atoms with Gasteiger partial charge >= 0.3 is 0 Å². The van der Waals surface area contributed by atoms with E-state index in [1.807, 2.05) is 6.07 Å². The molecule has 0 aliphatic heterocycles. The number of carbonyl (C=O) groups excluding carboxylic acids is 1. The van der Waals surface area contributed by atoms with Crippen molar-refractivity contribution < 1.29 is 9.18 Å². The van der Waals surface area contributed by atoms with E-state index in [0.29, 0.717) is 29.6 Å². The number of nitrogens with two attached hydrogens (primary N) is 1. The fourth-order valence-electron chi connectivity index (χ4n) is 2.37. The number of amides is 1. The van der Waals surface area contributed by atoms with Gasteiger partial charge in [0.25, 0.3) is 0 Å². The number of aromatic nitrogens is 1. The van der Waals surface area contributed by atoms with Gasteiger partial charge in [0.2, 0.25) is 5.91 Å². The quantitative estimate of drug-likeness (QED) is 0.815. The largest absolute Gasteiger partial charge is 0.330 e. The number of nitrogens with one attached hydrogen (secondary N) is 1. The fourth-order valence-corrected chi connectivity index (χ4v) is 3.44. The molecule has 4 nitrogen and oxygen atoms in total. The highest BCUT2D eigenvalue weighted by atomic mass is 35.5. The molecule has 1 aromatic carbocycles. The summed E-state index contributed by atoms with van der Waals surface area (Å²) >= 11 is 1.44. The number of hydrogen-bond acceptors (Lipinski definition) is 4. The first-order valence-corrected chi connectivity index (χ1v) is 8.64. The standard InChI is InChI=1S/C17H20FN3OS.ClH/c1-10(9-19)16(22)21-17-20-15(11-6-7-11)14(23-17)8-12-4-2-3-5-13(12)18;/h2-5,10-11H,6-9,19H2,1H3,(H,20,21,22);1H. The Kier molecular flexibility index (Phi) is 6.32. The second-order valence-electron chi connectivity index (χ2n) is 6.00. The molecule has 1 fully saturated rings. The Hall–Kier alpha value is -1.50. The summed E-state index contributed by atoms with van der Waals surface area (Å²) in [4.78, 5) is 17.6. The van der Waals surface area contributed by atoms with Crippen molar-refractivity contribution in [2.45, 2.75) is 32.1 Å². The molecule has 1 amide bonds. The lowest BCUT2D eigenvalue weighted by Gasteiger charge is -2.06. The van der Waals surface area contributed by atoms with Crippen LogP contribution in [0.25, 0.3) is 0 Å². The van der Waals surface area contributed by atoms with Crippen LogP contribution in [0.15, 0.2) is 24.3 Å². The molecule has 1 unspecified atom stereocenters. The minimum absolute atomic E-state index is 0. The molecular formula is C17H21ClFN3OS. The SMILES string of the molecule is CC(CN)C(=O)Nc1nc(C2CC2)c(Cc2ccccc2F)s1.Cl. The molecule has 24 heavy (non-hydrogen) atoms. The minimum atomic E-state index is -0.252. The topological polar surface area (TPSA) is 68.0 Å². The van der Waals surface area contributed by atoms with E-state index in [1.54, 1.807) is 19.1 Å². The number of benzene rings is 1. The molecule has 130 valence electrons. The molecule has 1 heterocycles. The molecule has 0 radical (unpaired) electrons. The van der Waals surface area contributed by atoms with Gasteiger partial charge in [-0.2, -0.15) is 0 Å². The molecule has 1 aliphatic rings. The summed E-state index contributed by atoms with van der Waals surface area (Å²) in [6.45, 7) is 2.08. The van der Waals surface area contributed by atoms with E-state index in [1.165, 1.54) is 17.4 Å². The summed E-state index contributed by atoms with van der Waals surface area (Å²) in [6, 6.07) is 6.79. The zero-order valence-electron chi connectivity index (χ0n) is 13.4. The van der Waals surface area contributed by atoms with E-state index in [4.69, 9.17) is 5.73 Å². The van der Waals surface area contributed by atoms with E-state index in [9.17, 15) is 9.18 Å². The molecule has 0 spiro atoms. The highest BCUT2D eigenvalue weighted by Gasteiger charge is 2.30. The second-order valence-corrected chi connectivity index (χ2v) is 7.08. The molecule has 1 aromatic heterocycles. The number of nitrogens with zero attached hydrogens (tertiary/aromatic N) is 1. The first-order valence-electron chi connectivity index (χ1n) is 7.82. The Balaban J connectivity index is 0.00000208. The molecule has 1 saturated carbocycles. The Morgan fingerprint density at radius 3 is 2.79 bits per heavy atom. The van der Waals surface area contributed by atoms with E-state index in [-0.39, 0.29) is 30.0 Å². The average Bonchev–Trinajstić information content (AvgIpc) is 3.31. The minimum Gasteiger partial charge on any atom is -0.330 e. The van der Waals surface area contributed by atoms with Gasteiger partial charge in [-0.05, 0) is 24.5 Å². The predicted molar refractivity (Wildman–Crippen MR) is 97.4 cm³/mol. The molecule has 0 saturated heterocycles. The van der Waals surface area contributed by atoms with Gasteiger partial charge in [0.15, 0.2) is 5.13 Å². The van der Waals surface area contributed by atoms with Gasteiger partial charge in [0, 0.05) is 29.7 Å². The maximum absolute atomic E-state index is 13.9. The maximum Gasteiger partial charge on any atom is 0.230 e. The summed E-state index contributed by atoms with van der Waals surface area (Å²) in [5, 5.41) is 3.42. The van der Waals surface area contributed by atoms with Crippen molar-refractivity contribution in [2.24, 2.45) is 11.7 Å². The van der Waals surface area contributed by atoms with Crippen molar-refractivity contribution in [3.05, 3.63) is 46.2 Å². The van der Waals surface area contributed by atoms with Gasteiger partial charge in [-0.15, -0.1) is 23.7 Å². The lowest BCUT2D eigenvalue weighted by Crippen LogP contribution is -2.26. The monoisotopic (exact) mass is 369 g/mol. The lowest BCUT2D eigenvalue weighted by molar-refractivity contribution is -0.119. The average molecular weight is 370 g/mol. The van der Waals surface area contributed by atoms with E-state index < -0.39 is 0 Å². The molecular weight excluding hydrogens is 349 g/mol. The van der Waals surface area contributed by atoms with Crippen LogP contribution in [0, 0.1) is 11.7 Å². The van der Waals surface area contributed by atoms with Crippen molar-refractivity contribution in [1.82, 2.24) is 4.98 Å². The summed E-state index contributed by atoms with van der Waals surface area (Å²) < 4.78 is 13.9. The van der Waals surface area contributed by atoms with Crippen LogP contribution in [-0.4, -0.2) is 17.4 Å². The Bertz CT molecular complexity index is 718. The molecule has 0 bridgehead atoms. The summed E-state index contributed by atoms with van der Waals surface area (Å²) in [5.74, 6) is -0.130. The van der Waals surface area contributed by atoms with Crippen molar-refractivity contribution in [3.63, 3.8) is 0 Å².